The maximum Gasteiger partial charge on any atom is 0.126 e. The number of aryl methyl sites for hydroxylation is 1. The molecule has 2 aromatic carbocycles. The summed E-state index contributed by atoms with van der Waals surface area (Å²) >= 11 is 0. The molecule has 0 aromatic heterocycles. The highest BCUT2D eigenvalue weighted by Gasteiger charge is 2.00. The predicted octanol–water partition coefficient (Wildman–Crippen LogP) is 3.77. The lowest BCUT2D eigenvalue weighted by Gasteiger charge is -2.10. The predicted molar refractivity (Wildman–Crippen MR) is 82.3 cm³/mol. The SMILES string of the molecule is COCCOc1cccc(NCc2ccc(F)c(C)c2)c1. The zero-order valence-corrected chi connectivity index (χ0v) is 12.4. The first kappa shape index (κ1) is 15.3. The molecule has 0 spiro atoms. The zero-order chi connectivity index (χ0) is 15.1. The van der Waals surface area contributed by atoms with Crippen LogP contribution in [0.2, 0.25) is 0 Å². The summed E-state index contributed by atoms with van der Waals surface area (Å²) in [7, 11) is 1.64. The average molecular weight is 289 g/mol. The molecule has 0 atom stereocenters. The molecular formula is C17H20FNO2. The van der Waals surface area contributed by atoms with Crippen LogP contribution in [0.1, 0.15) is 11.1 Å². The molecule has 0 fully saturated rings. The van der Waals surface area contributed by atoms with Gasteiger partial charge in [-0.1, -0.05) is 18.2 Å². The second-order valence-electron chi connectivity index (χ2n) is 4.81. The van der Waals surface area contributed by atoms with Crippen molar-refractivity contribution in [1.29, 1.82) is 0 Å². The minimum absolute atomic E-state index is 0.174. The number of hydrogen-bond donors (Lipinski definition) is 1. The van der Waals surface area contributed by atoms with Crippen LogP contribution in [-0.2, 0) is 11.3 Å². The maximum absolute atomic E-state index is 13.2. The van der Waals surface area contributed by atoms with Crippen LogP contribution in [0.3, 0.4) is 0 Å². The molecule has 112 valence electrons. The van der Waals surface area contributed by atoms with E-state index in [0.717, 1.165) is 17.0 Å². The van der Waals surface area contributed by atoms with Gasteiger partial charge in [-0.25, -0.2) is 4.39 Å². The molecule has 2 aromatic rings. The molecule has 0 aliphatic heterocycles. The van der Waals surface area contributed by atoms with E-state index in [1.165, 1.54) is 6.07 Å². The van der Waals surface area contributed by atoms with Crippen molar-refractivity contribution in [3.05, 3.63) is 59.4 Å². The molecule has 4 heteroatoms. The van der Waals surface area contributed by atoms with Crippen molar-refractivity contribution in [1.82, 2.24) is 0 Å². The summed E-state index contributed by atoms with van der Waals surface area (Å²) in [4.78, 5) is 0. The molecule has 1 N–H and O–H groups in total. The van der Waals surface area contributed by atoms with Gasteiger partial charge in [0.25, 0.3) is 0 Å². The Morgan fingerprint density at radius 3 is 2.71 bits per heavy atom. The summed E-state index contributed by atoms with van der Waals surface area (Å²) < 4.78 is 23.7. The maximum atomic E-state index is 13.2. The molecule has 3 nitrogen and oxygen atoms in total. The highest BCUT2D eigenvalue weighted by atomic mass is 19.1. The van der Waals surface area contributed by atoms with E-state index in [1.807, 2.05) is 30.3 Å². The van der Waals surface area contributed by atoms with Gasteiger partial charge in [0.1, 0.15) is 18.2 Å². The van der Waals surface area contributed by atoms with Crippen molar-refractivity contribution < 1.29 is 13.9 Å². The van der Waals surface area contributed by atoms with Crippen LogP contribution in [0.25, 0.3) is 0 Å². The Balaban J connectivity index is 1.93. The third-order valence-corrected chi connectivity index (χ3v) is 3.11. The molecule has 2 rings (SSSR count). The fourth-order valence-electron chi connectivity index (χ4n) is 1.96. The molecule has 0 aliphatic rings. The first-order chi connectivity index (χ1) is 10.2. The van der Waals surface area contributed by atoms with E-state index < -0.39 is 0 Å². The van der Waals surface area contributed by atoms with Crippen LogP contribution < -0.4 is 10.1 Å². The van der Waals surface area contributed by atoms with Gasteiger partial charge in [-0.2, -0.15) is 0 Å². The zero-order valence-electron chi connectivity index (χ0n) is 12.4. The van der Waals surface area contributed by atoms with Crippen LogP contribution in [-0.4, -0.2) is 20.3 Å². The number of anilines is 1. The number of rotatable bonds is 7. The first-order valence-corrected chi connectivity index (χ1v) is 6.90. The lowest BCUT2D eigenvalue weighted by molar-refractivity contribution is 0.146. The summed E-state index contributed by atoms with van der Waals surface area (Å²) in [5.74, 6) is 0.625. The molecule has 0 aliphatic carbocycles. The number of hydrogen-bond acceptors (Lipinski definition) is 3. The van der Waals surface area contributed by atoms with Gasteiger partial charge >= 0.3 is 0 Å². The first-order valence-electron chi connectivity index (χ1n) is 6.90. The second kappa shape index (κ2) is 7.64. The Labute approximate surface area is 124 Å². The molecule has 0 amide bonds. The van der Waals surface area contributed by atoms with Crippen LogP contribution in [0.15, 0.2) is 42.5 Å². The van der Waals surface area contributed by atoms with Gasteiger partial charge in [-0.05, 0) is 36.2 Å². The van der Waals surface area contributed by atoms with Gasteiger partial charge in [0, 0.05) is 25.4 Å². The normalized spacial score (nSPS) is 10.4. The Bertz CT molecular complexity index is 587. The topological polar surface area (TPSA) is 30.5 Å². The molecule has 0 radical (unpaired) electrons. The Morgan fingerprint density at radius 2 is 1.95 bits per heavy atom. The lowest BCUT2D eigenvalue weighted by Crippen LogP contribution is -2.05. The van der Waals surface area contributed by atoms with Crippen molar-refractivity contribution in [2.24, 2.45) is 0 Å². The van der Waals surface area contributed by atoms with Gasteiger partial charge < -0.3 is 14.8 Å². The molecular weight excluding hydrogens is 269 g/mol. The summed E-state index contributed by atoms with van der Waals surface area (Å²) in [6.45, 7) is 3.50. The van der Waals surface area contributed by atoms with E-state index in [4.69, 9.17) is 9.47 Å². The summed E-state index contributed by atoms with van der Waals surface area (Å²) in [5, 5.41) is 3.30. The van der Waals surface area contributed by atoms with Gasteiger partial charge in [0.15, 0.2) is 0 Å². The Kier molecular flexibility index (Phi) is 5.58. The Morgan fingerprint density at radius 1 is 1.10 bits per heavy atom. The standard InChI is InChI=1S/C17H20FNO2/c1-13-10-14(6-7-17(13)18)12-19-15-4-3-5-16(11-15)21-9-8-20-2/h3-7,10-11,19H,8-9,12H2,1-2H3. The third-order valence-electron chi connectivity index (χ3n) is 3.11. The monoisotopic (exact) mass is 289 g/mol. The van der Waals surface area contributed by atoms with Gasteiger partial charge in [-0.15, -0.1) is 0 Å². The minimum Gasteiger partial charge on any atom is -0.491 e. The van der Waals surface area contributed by atoms with Crippen molar-refractivity contribution >= 4 is 5.69 Å². The number of halogens is 1. The van der Waals surface area contributed by atoms with Gasteiger partial charge in [0.2, 0.25) is 0 Å². The molecule has 0 saturated carbocycles. The van der Waals surface area contributed by atoms with Crippen LogP contribution in [0.5, 0.6) is 5.75 Å². The van der Waals surface area contributed by atoms with E-state index in [9.17, 15) is 4.39 Å². The molecule has 21 heavy (non-hydrogen) atoms. The van der Waals surface area contributed by atoms with Gasteiger partial charge in [0.05, 0.1) is 6.61 Å². The summed E-state index contributed by atoms with van der Waals surface area (Å²) in [6, 6.07) is 12.9. The van der Waals surface area contributed by atoms with E-state index in [1.54, 1.807) is 20.1 Å². The summed E-state index contributed by atoms with van der Waals surface area (Å²) in [6.07, 6.45) is 0. The summed E-state index contributed by atoms with van der Waals surface area (Å²) in [5.41, 5.74) is 2.66. The Hall–Kier alpha value is -2.07. The number of ether oxygens (including phenoxy) is 2. The van der Waals surface area contributed by atoms with Crippen molar-refractivity contribution in [2.45, 2.75) is 13.5 Å². The van der Waals surface area contributed by atoms with E-state index in [0.29, 0.717) is 25.3 Å². The van der Waals surface area contributed by atoms with Gasteiger partial charge in [-0.3, -0.25) is 0 Å². The molecule has 0 bridgehead atoms. The average Bonchev–Trinajstić information content (AvgIpc) is 2.49. The fourth-order valence-corrected chi connectivity index (χ4v) is 1.96. The molecule has 0 unspecified atom stereocenters. The number of methoxy groups -OCH3 is 1. The second-order valence-corrected chi connectivity index (χ2v) is 4.81. The highest BCUT2D eigenvalue weighted by Crippen LogP contribution is 2.18. The van der Waals surface area contributed by atoms with E-state index in [-0.39, 0.29) is 5.82 Å². The number of benzene rings is 2. The van der Waals surface area contributed by atoms with Crippen LogP contribution in [0, 0.1) is 12.7 Å². The minimum atomic E-state index is -0.174. The van der Waals surface area contributed by atoms with Crippen molar-refractivity contribution in [3.63, 3.8) is 0 Å². The quantitative estimate of drug-likeness (QED) is 0.787. The lowest BCUT2D eigenvalue weighted by atomic mass is 10.1. The third kappa shape index (κ3) is 4.76. The van der Waals surface area contributed by atoms with Crippen LogP contribution >= 0.6 is 0 Å². The van der Waals surface area contributed by atoms with Crippen molar-refractivity contribution in [2.75, 3.05) is 25.6 Å². The largest absolute Gasteiger partial charge is 0.491 e. The van der Waals surface area contributed by atoms with Crippen molar-refractivity contribution in [3.8, 4) is 5.75 Å². The number of nitrogens with one attached hydrogen (secondary N) is 1. The highest BCUT2D eigenvalue weighted by molar-refractivity contribution is 5.48. The van der Waals surface area contributed by atoms with E-state index >= 15 is 0 Å². The molecule has 0 heterocycles. The van der Waals surface area contributed by atoms with E-state index in [2.05, 4.69) is 5.32 Å². The van der Waals surface area contributed by atoms with Crippen LogP contribution in [0.4, 0.5) is 10.1 Å². The molecule has 0 saturated heterocycles. The smallest absolute Gasteiger partial charge is 0.126 e. The fraction of sp³-hybridized carbons (Fsp3) is 0.294.